The predicted octanol–water partition coefficient (Wildman–Crippen LogP) is 5.63. The molecule has 5 rings (SSSR count). The number of benzene rings is 2. The van der Waals surface area contributed by atoms with Crippen LogP contribution in [0.15, 0.2) is 67.5 Å². The summed E-state index contributed by atoms with van der Waals surface area (Å²) in [6.45, 7) is 7.40. The zero-order valence-electron chi connectivity index (χ0n) is 21.4. The van der Waals surface area contributed by atoms with E-state index in [0.717, 1.165) is 35.4 Å². The minimum atomic E-state index is -0.560. The van der Waals surface area contributed by atoms with Crippen molar-refractivity contribution < 1.29 is 23.4 Å². The van der Waals surface area contributed by atoms with Gasteiger partial charge in [0.2, 0.25) is 17.6 Å². The van der Waals surface area contributed by atoms with Crippen LogP contribution in [0, 0.1) is 5.82 Å². The summed E-state index contributed by atoms with van der Waals surface area (Å²) in [7, 11) is 1.41. The number of carbonyl (C=O) groups excluding carboxylic acids is 1. The molecule has 8 nitrogen and oxygen atoms in total. The third-order valence-electron chi connectivity index (χ3n) is 6.54. The van der Waals surface area contributed by atoms with Gasteiger partial charge in [-0.15, -0.1) is 0 Å². The summed E-state index contributed by atoms with van der Waals surface area (Å²) in [4.78, 5) is 23.4. The number of nitrogens with zero attached hydrogens (tertiary/aromatic N) is 4. The van der Waals surface area contributed by atoms with Crippen molar-refractivity contribution in [3.63, 3.8) is 0 Å². The molecule has 2 aromatic carbocycles. The molecule has 1 aliphatic rings. The first-order valence-electron chi connectivity index (χ1n) is 12.5. The highest BCUT2D eigenvalue weighted by Crippen LogP contribution is 2.36. The summed E-state index contributed by atoms with van der Waals surface area (Å²) in [5, 5.41) is 0. The van der Waals surface area contributed by atoms with E-state index >= 15 is 0 Å². The summed E-state index contributed by atoms with van der Waals surface area (Å²) in [6.07, 6.45) is 6.44. The molecule has 0 saturated carbocycles. The van der Waals surface area contributed by atoms with Crippen molar-refractivity contribution >= 4 is 11.4 Å². The first-order chi connectivity index (χ1) is 18.5. The highest BCUT2D eigenvalue weighted by atomic mass is 19.1. The number of ether oxygens (including phenoxy) is 3. The van der Waals surface area contributed by atoms with Crippen LogP contribution in [0.2, 0.25) is 0 Å². The number of fused-ring (bicyclic) bond motifs is 1. The average Bonchev–Trinajstić information content (AvgIpc) is 3.59. The van der Waals surface area contributed by atoms with Gasteiger partial charge >= 0.3 is 0 Å². The molecule has 1 atom stereocenters. The number of amides is 1. The fraction of sp³-hybridized carbons (Fsp3) is 0.276. The van der Waals surface area contributed by atoms with E-state index in [1.807, 2.05) is 23.5 Å². The molecule has 3 heterocycles. The number of rotatable bonds is 9. The molecule has 9 heteroatoms. The van der Waals surface area contributed by atoms with Gasteiger partial charge in [-0.25, -0.2) is 4.98 Å². The van der Waals surface area contributed by atoms with Crippen molar-refractivity contribution in [2.75, 3.05) is 26.8 Å². The number of carbonyl (C=O) groups is 1. The van der Waals surface area contributed by atoms with E-state index in [1.165, 1.54) is 19.3 Å². The van der Waals surface area contributed by atoms with Crippen molar-refractivity contribution in [2.24, 2.45) is 0 Å². The lowest BCUT2D eigenvalue weighted by atomic mass is 10.1. The van der Waals surface area contributed by atoms with Gasteiger partial charge in [-0.2, -0.15) is 4.39 Å². The number of likely N-dealkylation sites (tertiary alicyclic amines) is 1. The largest absolute Gasteiger partial charge is 0.494 e. The van der Waals surface area contributed by atoms with Crippen LogP contribution in [0.3, 0.4) is 0 Å². The van der Waals surface area contributed by atoms with E-state index in [2.05, 4.69) is 11.6 Å². The second-order valence-electron chi connectivity index (χ2n) is 9.01. The smallest absolute Gasteiger partial charge is 0.245 e. The number of halogens is 1. The van der Waals surface area contributed by atoms with E-state index in [-0.39, 0.29) is 23.3 Å². The maximum atomic E-state index is 14.5. The highest BCUT2D eigenvalue weighted by molar-refractivity contribution is 5.87. The van der Waals surface area contributed by atoms with Gasteiger partial charge in [0, 0.05) is 24.6 Å². The Morgan fingerprint density at radius 2 is 1.97 bits per heavy atom. The SMILES string of the molecule is C=CC(=O)N1CCC(c2nc(-c3ccc(Oc4cccc(OC)c4F)cc3)c3cncc(OCCC)n23)C1. The van der Waals surface area contributed by atoms with Gasteiger partial charge in [-0.1, -0.05) is 19.6 Å². The Bertz CT molecular complexity index is 1470. The quantitative estimate of drug-likeness (QED) is 0.269. The van der Waals surface area contributed by atoms with E-state index in [0.29, 0.717) is 31.3 Å². The van der Waals surface area contributed by atoms with Crippen molar-refractivity contribution in [1.29, 1.82) is 0 Å². The Morgan fingerprint density at radius 1 is 1.18 bits per heavy atom. The van der Waals surface area contributed by atoms with E-state index in [4.69, 9.17) is 19.2 Å². The van der Waals surface area contributed by atoms with Crippen LogP contribution in [0.1, 0.15) is 31.5 Å². The van der Waals surface area contributed by atoms with Gasteiger partial charge < -0.3 is 19.1 Å². The maximum absolute atomic E-state index is 14.5. The molecular weight excluding hydrogens is 487 g/mol. The molecular formula is C29H29FN4O4. The Balaban J connectivity index is 1.50. The fourth-order valence-corrected chi connectivity index (χ4v) is 4.66. The van der Waals surface area contributed by atoms with Crippen molar-refractivity contribution in [3.8, 4) is 34.4 Å². The van der Waals surface area contributed by atoms with Crippen LogP contribution in [0.25, 0.3) is 16.8 Å². The topological polar surface area (TPSA) is 78.2 Å². The summed E-state index contributed by atoms with van der Waals surface area (Å²) < 4.78 is 33.4. The molecule has 0 spiro atoms. The summed E-state index contributed by atoms with van der Waals surface area (Å²) in [5.41, 5.74) is 2.38. The first kappa shape index (κ1) is 25.3. The van der Waals surface area contributed by atoms with Crippen LogP contribution in [0.5, 0.6) is 23.1 Å². The third kappa shape index (κ3) is 4.79. The normalized spacial score (nSPS) is 15.0. The van der Waals surface area contributed by atoms with Gasteiger partial charge in [0.15, 0.2) is 11.5 Å². The molecule has 196 valence electrons. The van der Waals surface area contributed by atoms with E-state index in [9.17, 15) is 9.18 Å². The zero-order valence-corrected chi connectivity index (χ0v) is 21.4. The maximum Gasteiger partial charge on any atom is 0.245 e. The van der Waals surface area contributed by atoms with Crippen molar-refractivity contribution in [2.45, 2.75) is 25.7 Å². The first-order valence-corrected chi connectivity index (χ1v) is 12.5. The second-order valence-corrected chi connectivity index (χ2v) is 9.01. The molecule has 1 saturated heterocycles. The van der Waals surface area contributed by atoms with Gasteiger partial charge in [0.1, 0.15) is 11.6 Å². The molecule has 1 amide bonds. The van der Waals surface area contributed by atoms with Crippen LogP contribution in [-0.2, 0) is 4.79 Å². The molecule has 1 aliphatic heterocycles. The molecule has 4 aromatic rings. The van der Waals surface area contributed by atoms with Gasteiger partial charge in [-0.3, -0.25) is 14.2 Å². The lowest BCUT2D eigenvalue weighted by Crippen LogP contribution is -2.26. The minimum Gasteiger partial charge on any atom is -0.494 e. The molecule has 0 aliphatic carbocycles. The summed E-state index contributed by atoms with van der Waals surface area (Å²) in [6, 6.07) is 12.0. The summed E-state index contributed by atoms with van der Waals surface area (Å²) in [5.74, 6) is 1.49. The van der Waals surface area contributed by atoms with Gasteiger partial charge in [-0.05, 0) is 55.3 Å². The zero-order chi connectivity index (χ0) is 26.6. The molecule has 38 heavy (non-hydrogen) atoms. The van der Waals surface area contributed by atoms with E-state index in [1.54, 1.807) is 41.6 Å². The molecule has 0 radical (unpaired) electrons. The third-order valence-corrected chi connectivity index (χ3v) is 6.54. The Labute approximate surface area is 220 Å². The van der Waals surface area contributed by atoms with Crippen LogP contribution < -0.4 is 14.2 Å². The van der Waals surface area contributed by atoms with Gasteiger partial charge in [0.05, 0.1) is 37.3 Å². The molecule has 2 aromatic heterocycles. The molecule has 1 unspecified atom stereocenters. The van der Waals surface area contributed by atoms with E-state index < -0.39 is 5.82 Å². The Kier molecular flexibility index (Phi) is 7.26. The monoisotopic (exact) mass is 516 g/mol. The predicted molar refractivity (Wildman–Crippen MR) is 141 cm³/mol. The number of imidazole rings is 1. The lowest BCUT2D eigenvalue weighted by molar-refractivity contribution is -0.125. The number of hydrogen-bond donors (Lipinski definition) is 0. The van der Waals surface area contributed by atoms with Crippen LogP contribution >= 0.6 is 0 Å². The molecule has 0 N–H and O–H groups in total. The van der Waals surface area contributed by atoms with Crippen LogP contribution in [0.4, 0.5) is 4.39 Å². The minimum absolute atomic E-state index is 0.0326. The van der Waals surface area contributed by atoms with Crippen molar-refractivity contribution in [3.05, 3.63) is 79.2 Å². The highest BCUT2D eigenvalue weighted by Gasteiger charge is 2.31. The Hall–Kier alpha value is -4.40. The number of methoxy groups -OCH3 is 1. The second kappa shape index (κ2) is 10.9. The van der Waals surface area contributed by atoms with Gasteiger partial charge in [0.25, 0.3) is 0 Å². The fourth-order valence-electron chi connectivity index (χ4n) is 4.66. The number of hydrogen-bond acceptors (Lipinski definition) is 6. The Morgan fingerprint density at radius 3 is 2.71 bits per heavy atom. The molecule has 0 bridgehead atoms. The number of aromatic nitrogens is 3. The summed E-state index contributed by atoms with van der Waals surface area (Å²) >= 11 is 0. The molecule has 1 fully saturated rings. The lowest BCUT2D eigenvalue weighted by Gasteiger charge is -2.15. The average molecular weight is 517 g/mol. The standard InChI is InChI=1S/C29H29FN4O4/c1-4-15-37-26-17-31-16-22-28(32-29(34(22)26)20-13-14-33(18-20)25(35)5-2)19-9-11-21(12-10-19)38-24-8-6-7-23(36-3)27(24)30/h5-12,16-17,20H,2,4,13-15,18H2,1,3H3. The van der Waals surface area contributed by atoms with Crippen LogP contribution in [-0.4, -0.2) is 52.0 Å². The van der Waals surface area contributed by atoms with Crippen molar-refractivity contribution in [1.82, 2.24) is 19.3 Å².